The fourth-order valence-electron chi connectivity index (χ4n) is 5.49. The zero-order valence-electron chi connectivity index (χ0n) is 23.9. The number of ketones is 3. The Kier molecular flexibility index (Phi) is 8.20. The smallest absolute Gasteiger partial charge is 0.211 e. The van der Waals surface area contributed by atoms with Crippen molar-refractivity contribution in [3.05, 3.63) is 160 Å². The second kappa shape index (κ2) is 12.4. The minimum absolute atomic E-state index is 0.0774. The first-order chi connectivity index (χ1) is 21.3. The molecule has 1 N–H and O–H groups in total. The predicted octanol–water partition coefficient (Wildman–Crippen LogP) is 7.64. The van der Waals surface area contributed by atoms with E-state index >= 15 is 0 Å². The Morgan fingerprint density at radius 1 is 0.818 bits per heavy atom. The molecule has 1 aromatic heterocycles. The summed E-state index contributed by atoms with van der Waals surface area (Å²) in [5, 5.41) is 12.0. The quantitative estimate of drug-likeness (QED) is 0.166. The van der Waals surface area contributed by atoms with Crippen molar-refractivity contribution in [3.8, 4) is 0 Å². The number of nitrogens with zero attached hydrogens (tertiary/aromatic N) is 2. The summed E-state index contributed by atoms with van der Waals surface area (Å²) in [5.74, 6) is -1.27. The van der Waals surface area contributed by atoms with Crippen LogP contribution in [0.4, 0.5) is 11.4 Å². The second-order valence-corrected chi connectivity index (χ2v) is 11.4. The summed E-state index contributed by atoms with van der Waals surface area (Å²) in [6, 6.07) is 33.6. The van der Waals surface area contributed by atoms with Crippen LogP contribution < -0.4 is 4.90 Å². The number of aliphatic hydroxyl groups is 1. The summed E-state index contributed by atoms with van der Waals surface area (Å²) in [7, 11) is 1.89. The first-order valence-electron chi connectivity index (χ1n) is 14.3. The molecule has 1 saturated carbocycles. The highest BCUT2D eigenvalue weighted by Crippen LogP contribution is 2.49. The average molecular weight is 601 g/mol. The number of hydrogen-bond acceptors (Lipinski definition) is 6. The average Bonchev–Trinajstić information content (AvgIpc) is 3.89. The summed E-state index contributed by atoms with van der Waals surface area (Å²) >= 11 is 6.01. The van der Waals surface area contributed by atoms with E-state index in [1.165, 1.54) is 6.07 Å². The predicted molar refractivity (Wildman–Crippen MR) is 171 cm³/mol. The van der Waals surface area contributed by atoms with Gasteiger partial charge in [0.15, 0.2) is 11.6 Å². The molecule has 4 aromatic carbocycles. The number of benzene rings is 4. The molecule has 1 fully saturated rings. The van der Waals surface area contributed by atoms with E-state index in [-0.39, 0.29) is 45.8 Å². The fraction of sp³-hybridized carbons (Fsp3) is 0.135. The number of anilines is 2. The molecule has 0 radical (unpaired) electrons. The van der Waals surface area contributed by atoms with Gasteiger partial charge in [-0.1, -0.05) is 84.4 Å². The van der Waals surface area contributed by atoms with E-state index in [9.17, 15) is 19.5 Å². The molecular weight excluding hydrogens is 572 g/mol. The second-order valence-electron chi connectivity index (χ2n) is 10.9. The van der Waals surface area contributed by atoms with Gasteiger partial charge in [0.05, 0.1) is 11.9 Å². The number of carbonyl (C=O) groups excluding carboxylic acids is 3. The van der Waals surface area contributed by atoms with Gasteiger partial charge in [0.1, 0.15) is 11.8 Å². The minimum atomic E-state index is -1.62. The van der Waals surface area contributed by atoms with Gasteiger partial charge >= 0.3 is 0 Å². The number of halogens is 1. The lowest BCUT2D eigenvalue weighted by molar-refractivity contribution is 0.0743. The number of rotatable bonds is 10. The molecule has 5 aromatic rings. The number of aromatic nitrogens is 1. The normalized spacial score (nSPS) is 16.2. The van der Waals surface area contributed by atoms with Crippen molar-refractivity contribution in [1.29, 1.82) is 0 Å². The van der Waals surface area contributed by atoms with Gasteiger partial charge in [-0.05, 0) is 65.9 Å². The van der Waals surface area contributed by atoms with Crippen LogP contribution >= 0.6 is 11.6 Å². The zero-order valence-corrected chi connectivity index (χ0v) is 24.7. The maximum absolute atomic E-state index is 13.7. The molecule has 7 heteroatoms. The summed E-state index contributed by atoms with van der Waals surface area (Å²) < 4.78 is 0. The summed E-state index contributed by atoms with van der Waals surface area (Å²) in [6.45, 7) is 0. The number of hydrogen-bond donors (Lipinski definition) is 1. The Labute approximate surface area is 260 Å². The minimum Gasteiger partial charge on any atom is -0.380 e. The van der Waals surface area contributed by atoms with Gasteiger partial charge in [-0.2, -0.15) is 0 Å². The van der Waals surface area contributed by atoms with E-state index in [0.29, 0.717) is 17.0 Å². The number of Topliss-reactive ketones (excluding diaryl/α,β-unsaturated/α-hetero) is 2. The van der Waals surface area contributed by atoms with Crippen LogP contribution in [0.5, 0.6) is 0 Å². The molecule has 1 aliphatic rings. The van der Waals surface area contributed by atoms with E-state index in [1.807, 2.05) is 54.4 Å². The van der Waals surface area contributed by atoms with Gasteiger partial charge in [0, 0.05) is 40.4 Å². The molecule has 6 nitrogen and oxygen atoms in total. The number of aliphatic hydroxyl groups excluding tert-OH is 1. The van der Waals surface area contributed by atoms with Crippen molar-refractivity contribution < 1.29 is 19.5 Å². The zero-order chi connectivity index (χ0) is 30.8. The van der Waals surface area contributed by atoms with Crippen LogP contribution in [0, 0.1) is 5.92 Å². The molecule has 0 amide bonds. The summed E-state index contributed by atoms with van der Waals surface area (Å²) in [6.07, 6.45) is 0.666. The van der Waals surface area contributed by atoms with Gasteiger partial charge in [-0.15, -0.1) is 0 Å². The molecule has 0 spiro atoms. The molecule has 1 aliphatic carbocycles. The molecular formula is C37H29ClN2O4. The van der Waals surface area contributed by atoms with Crippen LogP contribution in [-0.2, 0) is 0 Å². The Bertz CT molecular complexity index is 1820. The topological polar surface area (TPSA) is 87.6 Å². The van der Waals surface area contributed by atoms with Crippen molar-refractivity contribution in [3.63, 3.8) is 0 Å². The molecule has 0 aliphatic heterocycles. The first kappa shape index (κ1) is 29.2. The van der Waals surface area contributed by atoms with E-state index in [1.54, 1.807) is 72.9 Å². The van der Waals surface area contributed by atoms with E-state index in [4.69, 9.17) is 11.6 Å². The van der Waals surface area contributed by atoms with Gasteiger partial charge < -0.3 is 10.0 Å². The lowest BCUT2D eigenvalue weighted by Gasteiger charge is -2.19. The summed E-state index contributed by atoms with van der Waals surface area (Å²) in [4.78, 5) is 46.9. The molecule has 3 unspecified atom stereocenters. The summed E-state index contributed by atoms with van der Waals surface area (Å²) in [5.41, 5.74) is 3.84. The third-order valence-corrected chi connectivity index (χ3v) is 8.37. The van der Waals surface area contributed by atoms with E-state index in [0.717, 1.165) is 16.9 Å². The van der Waals surface area contributed by atoms with Crippen LogP contribution in [0.25, 0.3) is 0 Å². The third-order valence-electron chi connectivity index (χ3n) is 8.12. The van der Waals surface area contributed by atoms with Crippen LogP contribution in [0.2, 0.25) is 5.02 Å². The Balaban J connectivity index is 1.30. The maximum Gasteiger partial charge on any atom is 0.211 e. The van der Waals surface area contributed by atoms with Gasteiger partial charge in [-0.3, -0.25) is 19.4 Å². The largest absolute Gasteiger partial charge is 0.380 e. The highest BCUT2D eigenvalue weighted by molar-refractivity contribution is 6.30. The van der Waals surface area contributed by atoms with Crippen molar-refractivity contribution in [2.75, 3.05) is 11.9 Å². The maximum atomic E-state index is 13.7. The monoisotopic (exact) mass is 600 g/mol. The standard InChI is InChI=1S/C37H29ClN2O4/c1-40(27-15-13-26(38)14-16-27)28-17-19-33(39-22-28)34(41)25-12-18-29(36(43)32-21-30(32)23-8-4-2-5-9-23)31(20-25)37(44)35(42)24-10-6-3-7-11-24/h2-20,22,30,32,37,44H,21H2,1H3. The van der Waals surface area contributed by atoms with Crippen LogP contribution in [0.15, 0.2) is 121 Å². The van der Waals surface area contributed by atoms with E-state index in [2.05, 4.69) is 4.98 Å². The first-order valence-corrected chi connectivity index (χ1v) is 14.7. The van der Waals surface area contributed by atoms with E-state index < -0.39 is 11.9 Å². The van der Waals surface area contributed by atoms with Crippen molar-refractivity contribution in [2.24, 2.45) is 5.92 Å². The van der Waals surface area contributed by atoms with Gasteiger partial charge in [-0.25, -0.2) is 0 Å². The Morgan fingerprint density at radius 2 is 1.48 bits per heavy atom. The van der Waals surface area contributed by atoms with Gasteiger partial charge in [0.25, 0.3) is 0 Å². The lowest BCUT2D eigenvalue weighted by Crippen LogP contribution is -2.18. The van der Waals surface area contributed by atoms with Crippen molar-refractivity contribution in [1.82, 2.24) is 4.98 Å². The van der Waals surface area contributed by atoms with Crippen LogP contribution in [0.3, 0.4) is 0 Å². The number of pyridine rings is 1. The fourth-order valence-corrected chi connectivity index (χ4v) is 5.62. The van der Waals surface area contributed by atoms with Gasteiger partial charge in [0.2, 0.25) is 5.78 Å². The lowest BCUT2D eigenvalue weighted by atomic mass is 9.89. The molecule has 1 heterocycles. The number of carbonyl (C=O) groups is 3. The molecule has 44 heavy (non-hydrogen) atoms. The highest BCUT2D eigenvalue weighted by atomic mass is 35.5. The molecule has 3 atom stereocenters. The van der Waals surface area contributed by atoms with Crippen LogP contribution in [-0.4, -0.2) is 34.5 Å². The third kappa shape index (κ3) is 5.95. The SMILES string of the molecule is CN(c1ccc(Cl)cc1)c1ccc(C(=O)c2ccc(C(=O)C3CC3c3ccccc3)c(C(O)C(=O)c3ccccc3)c2)nc1. The Hall–Kier alpha value is -4.91. The molecule has 6 rings (SSSR count). The van der Waals surface area contributed by atoms with Crippen molar-refractivity contribution >= 4 is 40.3 Å². The Morgan fingerprint density at radius 3 is 2.14 bits per heavy atom. The van der Waals surface area contributed by atoms with Crippen molar-refractivity contribution in [2.45, 2.75) is 18.4 Å². The molecule has 0 saturated heterocycles. The molecule has 218 valence electrons. The molecule has 0 bridgehead atoms. The highest BCUT2D eigenvalue weighted by Gasteiger charge is 2.45. The van der Waals surface area contributed by atoms with Crippen LogP contribution in [0.1, 0.15) is 66.3 Å².